The largest absolute Gasteiger partial charge is 0.493 e. The number of aromatic carboxylic acids is 1. The van der Waals surface area contributed by atoms with E-state index < -0.39 is 5.97 Å². The zero-order chi connectivity index (χ0) is 20.6. The first-order valence-corrected chi connectivity index (χ1v) is 10.4. The van der Waals surface area contributed by atoms with Crippen LogP contribution in [0.3, 0.4) is 0 Å². The number of carboxylic acid groups (broad SMARTS) is 1. The Balaban J connectivity index is 1.62. The summed E-state index contributed by atoms with van der Waals surface area (Å²) < 4.78 is 11.6. The maximum absolute atomic E-state index is 12.0. The molecule has 1 saturated carbocycles. The van der Waals surface area contributed by atoms with E-state index in [9.17, 15) is 9.90 Å². The summed E-state index contributed by atoms with van der Waals surface area (Å²) in [7, 11) is 0. The summed E-state index contributed by atoms with van der Waals surface area (Å²) in [5.74, 6) is 0.165. The van der Waals surface area contributed by atoms with Gasteiger partial charge in [-0.1, -0.05) is 12.1 Å². The summed E-state index contributed by atoms with van der Waals surface area (Å²) in [6, 6.07) is 5.51. The third-order valence-electron chi connectivity index (χ3n) is 6.65. The van der Waals surface area contributed by atoms with Crippen molar-refractivity contribution in [3.05, 3.63) is 41.1 Å². The SMILES string of the molecule is C/C=C(/C)c1cc(C(=O)O)c2c(OCC3CCC4(CC3)COC4)ccc(C)c2n1. The van der Waals surface area contributed by atoms with E-state index in [1.165, 1.54) is 12.8 Å². The molecule has 0 unspecified atom stereocenters. The van der Waals surface area contributed by atoms with Crippen LogP contribution in [0.25, 0.3) is 16.5 Å². The van der Waals surface area contributed by atoms with Gasteiger partial charge >= 0.3 is 5.97 Å². The molecule has 1 aliphatic heterocycles. The molecule has 5 heteroatoms. The van der Waals surface area contributed by atoms with E-state index in [4.69, 9.17) is 14.5 Å². The van der Waals surface area contributed by atoms with Gasteiger partial charge in [0.1, 0.15) is 5.75 Å². The Hall–Kier alpha value is -2.40. The van der Waals surface area contributed by atoms with Gasteiger partial charge in [-0.25, -0.2) is 9.78 Å². The molecule has 2 aliphatic rings. The van der Waals surface area contributed by atoms with Crippen LogP contribution in [0, 0.1) is 18.3 Å². The van der Waals surface area contributed by atoms with Gasteiger partial charge < -0.3 is 14.6 Å². The van der Waals surface area contributed by atoms with E-state index in [0.717, 1.165) is 37.2 Å². The second-order valence-electron chi connectivity index (χ2n) is 8.68. The Labute approximate surface area is 171 Å². The first-order chi connectivity index (χ1) is 13.9. The second kappa shape index (κ2) is 7.79. The van der Waals surface area contributed by atoms with Crippen molar-refractivity contribution in [3.8, 4) is 5.75 Å². The molecule has 29 heavy (non-hydrogen) atoms. The molecule has 2 aromatic rings. The van der Waals surface area contributed by atoms with Crippen LogP contribution < -0.4 is 4.74 Å². The van der Waals surface area contributed by atoms with Crippen LogP contribution in [-0.4, -0.2) is 35.9 Å². The number of hydrogen-bond donors (Lipinski definition) is 1. The first-order valence-electron chi connectivity index (χ1n) is 10.4. The van der Waals surface area contributed by atoms with Crippen molar-refractivity contribution in [2.24, 2.45) is 11.3 Å². The van der Waals surface area contributed by atoms with E-state index in [2.05, 4.69) is 0 Å². The predicted molar refractivity (Wildman–Crippen MR) is 113 cm³/mol. The standard InChI is InChI=1S/C24H29NO4/c1-4-15(2)19-11-18(23(26)27)21-20(6-5-16(3)22(21)25-19)29-12-17-7-9-24(10-8-17)13-28-14-24/h4-6,11,17H,7-10,12-14H2,1-3H3,(H,26,27)/b15-4-. The third-order valence-corrected chi connectivity index (χ3v) is 6.65. The molecule has 1 spiro atoms. The zero-order valence-corrected chi connectivity index (χ0v) is 17.5. The van der Waals surface area contributed by atoms with E-state index in [0.29, 0.717) is 40.3 Å². The van der Waals surface area contributed by atoms with Crippen LogP contribution in [0.2, 0.25) is 0 Å². The normalized spacial score (nSPS) is 19.3. The highest BCUT2D eigenvalue weighted by Crippen LogP contribution is 2.44. The lowest BCUT2D eigenvalue weighted by atomic mass is 9.69. The molecule has 0 amide bonds. The molecule has 0 bridgehead atoms. The second-order valence-corrected chi connectivity index (χ2v) is 8.68. The number of allylic oxidation sites excluding steroid dienone is 2. The summed E-state index contributed by atoms with van der Waals surface area (Å²) in [5.41, 5.74) is 3.97. The van der Waals surface area contributed by atoms with Gasteiger partial charge in [-0.05, 0) is 75.6 Å². The lowest BCUT2D eigenvalue weighted by Gasteiger charge is -2.46. The average Bonchev–Trinajstić information content (AvgIpc) is 2.71. The first kappa shape index (κ1) is 19.9. The van der Waals surface area contributed by atoms with E-state index in [1.807, 2.05) is 39.0 Å². The minimum atomic E-state index is -0.956. The topological polar surface area (TPSA) is 68.7 Å². The van der Waals surface area contributed by atoms with Crippen molar-refractivity contribution in [1.29, 1.82) is 0 Å². The van der Waals surface area contributed by atoms with Gasteiger partial charge in [0.15, 0.2) is 0 Å². The number of benzene rings is 1. The molecule has 1 aliphatic carbocycles. The number of ether oxygens (including phenoxy) is 2. The highest BCUT2D eigenvalue weighted by Gasteiger charge is 2.41. The molecule has 154 valence electrons. The maximum Gasteiger partial charge on any atom is 0.336 e. The van der Waals surface area contributed by atoms with Crippen molar-refractivity contribution >= 4 is 22.4 Å². The Morgan fingerprint density at radius 3 is 2.66 bits per heavy atom. The zero-order valence-electron chi connectivity index (χ0n) is 17.5. The number of aryl methyl sites for hydroxylation is 1. The van der Waals surface area contributed by atoms with E-state index in [-0.39, 0.29) is 5.56 Å². The Morgan fingerprint density at radius 1 is 1.34 bits per heavy atom. The van der Waals surface area contributed by atoms with Crippen LogP contribution in [0.15, 0.2) is 24.3 Å². The van der Waals surface area contributed by atoms with Crippen LogP contribution in [-0.2, 0) is 4.74 Å². The van der Waals surface area contributed by atoms with Gasteiger partial charge in [0, 0.05) is 5.41 Å². The summed E-state index contributed by atoms with van der Waals surface area (Å²) in [4.78, 5) is 16.8. The summed E-state index contributed by atoms with van der Waals surface area (Å²) in [6.45, 7) is 8.26. The monoisotopic (exact) mass is 395 g/mol. The highest BCUT2D eigenvalue weighted by atomic mass is 16.5. The van der Waals surface area contributed by atoms with E-state index in [1.54, 1.807) is 6.07 Å². The smallest absolute Gasteiger partial charge is 0.336 e. The van der Waals surface area contributed by atoms with Crippen LogP contribution in [0.4, 0.5) is 0 Å². The summed E-state index contributed by atoms with van der Waals surface area (Å²) in [5, 5.41) is 10.5. The number of rotatable bonds is 5. The Bertz CT molecular complexity index is 964. The van der Waals surface area contributed by atoms with Crippen molar-refractivity contribution in [3.63, 3.8) is 0 Å². The number of hydrogen-bond acceptors (Lipinski definition) is 4. The fourth-order valence-corrected chi connectivity index (χ4v) is 4.43. The third kappa shape index (κ3) is 3.76. The quantitative estimate of drug-likeness (QED) is 0.749. The van der Waals surface area contributed by atoms with Crippen LogP contribution in [0.1, 0.15) is 61.1 Å². The average molecular weight is 395 g/mol. The lowest BCUT2D eigenvalue weighted by Crippen LogP contribution is -2.45. The number of nitrogens with zero attached hydrogens (tertiary/aromatic N) is 1. The molecule has 5 nitrogen and oxygen atoms in total. The van der Waals surface area contributed by atoms with Crippen LogP contribution in [0.5, 0.6) is 5.75 Å². The van der Waals surface area contributed by atoms with Crippen molar-refractivity contribution in [2.75, 3.05) is 19.8 Å². The van der Waals surface area contributed by atoms with Gasteiger partial charge in [0.25, 0.3) is 0 Å². The van der Waals surface area contributed by atoms with Gasteiger partial charge in [-0.3, -0.25) is 0 Å². The number of pyridine rings is 1. The van der Waals surface area contributed by atoms with Gasteiger partial charge in [0.2, 0.25) is 0 Å². The molecular formula is C24H29NO4. The van der Waals surface area contributed by atoms with Crippen molar-refractivity contribution in [1.82, 2.24) is 4.98 Å². The lowest BCUT2D eigenvalue weighted by molar-refractivity contribution is -0.137. The molecule has 2 heterocycles. The van der Waals surface area contributed by atoms with E-state index >= 15 is 0 Å². The molecule has 0 radical (unpaired) electrons. The number of carbonyl (C=O) groups is 1. The fraction of sp³-hybridized carbons (Fsp3) is 0.500. The fourth-order valence-electron chi connectivity index (χ4n) is 4.43. The van der Waals surface area contributed by atoms with Gasteiger partial charge in [-0.15, -0.1) is 0 Å². The molecule has 2 fully saturated rings. The number of carboxylic acids is 1. The maximum atomic E-state index is 12.0. The number of fused-ring (bicyclic) bond motifs is 1. The van der Waals surface area contributed by atoms with Crippen LogP contribution >= 0.6 is 0 Å². The minimum absolute atomic E-state index is 0.249. The van der Waals surface area contributed by atoms with Gasteiger partial charge in [-0.2, -0.15) is 0 Å². The van der Waals surface area contributed by atoms with Gasteiger partial charge in [0.05, 0.1) is 42.0 Å². The predicted octanol–water partition coefficient (Wildman–Crippen LogP) is 5.25. The Kier molecular flexibility index (Phi) is 5.34. The molecule has 1 aromatic carbocycles. The Morgan fingerprint density at radius 2 is 2.07 bits per heavy atom. The molecule has 1 N–H and O–H groups in total. The highest BCUT2D eigenvalue weighted by molar-refractivity contribution is 6.06. The molecule has 4 rings (SSSR count). The summed E-state index contributed by atoms with van der Waals surface area (Å²) >= 11 is 0. The molecular weight excluding hydrogens is 366 g/mol. The number of aromatic nitrogens is 1. The molecule has 1 saturated heterocycles. The summed E-state index contributed by atoms with van der Waals surface area (Å²) in [6.07, 6.45) is 6.62. The molecule has 1 aromatic heterocycles. The van der Waals surface area contributed by atoms with Crippen molar-refractivity contribution in [2.45, 2.75) is 46.5 Å². The minimum Gasteiger partial charge on any atom is -0.493 e. The molecule has 0 atom stereocenters. The van der Waals surface area contributed by atoms with Crippen molar-refractivity contribution < 1.29 is 19.4 Å².